The highest BCUT2D eigenvalue weighted by Crippen LogP contribution is 2.39. The van der Waals surface area contributed by atoms with Crippen LogP contribution in [-0.2, 0) is 9.53 Å². The topological polar surface area (TPSA) is 166 Å². The molecule has 4 aromatic heterocycles. The monoisotopic (exact) mass is 583 g/mol. The van der Waals surface area contributed by atoms with Crippen LogP contribution in [0.15, 0.2) is 49.1 Å². The standard InChI is InChI=1S/C28H33N13O2/c1-43-19-14-21(25(42)32-23-16-29-8-9-30-23)41(17-19)28-35-26(33-22-15-20(37-38-22)18-5-6-18)34-27(36-28)40-12-10-39(11-13-40)24-4-2-3-7-31-24/h2-4,7-9,15-16,18-19,21H,5-6,10-14,17H2,1H3,(H,30,32,42)(H2,33,34,35,36,37,38)/t19-,21-/m0/s1. The van der Waals surface area contributed by atoms with Gasteiger partial charge in [0.05, 0.1) is 12.3 Å². The number of amides is 1. The lowest BCUT2D eigenvalue weighted by atomic mass is 10.2. The van der Waals surface area contributed by atoms with Gasteiger partial charge in [0.2, 0.25) is 23.8 Å². The average Bonchev–Trinajstić information content (AvgIpc) is 3.64. The first-order valence-electron chi connectivity index (χ1n) is 14.5. The molecule has 6 heterocycles. The van der Waals surface area contributed by atoms with Gasteiger partial charge in [0.1, 0.15) is 11.9 Å². The number of hydrogen-bond acceptors (Lipinski definition) is 13. The van der Waals surface area contributed by atoms with Crippen LogP contribution in [0.5, 0.6) is 0 Å². The number of pyridine rings is 1. The molecule has 222 valence electrons. The van der Waals surface area contributed by atoms with E-state index < -0.39 is 6.04 Å². The van der Waals surface area contributed by atoms with Crippen molar-refractivity contribution in [2.24, 2.45) is 0 Å². The Morgan fingerprint density at radius 2 is 1.81 bits per heavy atom. The van der Waals surface area contributed by atoms with E-state index >= 15 is 0 Å². The van der Waals surface area contributed by atoms with Gasteiger partial charge in [0, 0.05) is 82.5 Å². The van der Waals surface area contributed by atoms with Crippen LogP contribution in [0.25, 0.3) is 0 Å². The Labute approximate surface area is 248 Å². The molecule has 0 radical (unpaired) electrons. The molecule has 3 fully saturated rings. The zero-order valence-electron chi connectivity index (χ0n) is 23.8. The lowest BCUT2D eigenvalue weighted by molar-refractivity contribution is -0.117. The number of methoxy groups -OCH3 is 1. The third-order valence-corrected chi connectivity index (χ3v) is 7.97. The van der Waals surface area contributed by atoms with Crippen LogP contribution in [0.1, 0.15) is 30.9 Å². The Kier molecular flexibility index (Phi) is 7.37. The SMILES string of the molecule is CO[C@H]1C[C@@H](C(=O)Nc2cnccn2)N(c2nc(Nc3cc(C4CC4)[nH]n3)nc(N3CCN(c4ccccn4)CC3)n2)C1. The summed E-state index contributed by atoms with van der Waals surface area (Å²) in [5.74, 6) is 3.53. The van der Waals surface area contributed by atoms with Gasteiger partial charge in [-0.3, -0.25) is 14.9 Å². The number of aromatic nitrogens is 8. The summed E-state index contributed by atoms with van der Waals surface area (Å²) >= 11 is 0. The van der Waals surface area contributed by atoms with Crippen molar-refractivity contribution in [1.82, 2.24) is 40.1 Å². The van der Waals surface area contributed by atoms with Gasteiger partial charge >= 0.3 is 0 Å². The first-order valence-corrected chi connectivity index (χ1v) is 14.5. The zero-order valence-corrected chi connectivity index (χ0v) is 23.8. The quantitative estimate of drug-likeness (QED) is 0.262. The van der Waals surface area contributed by atoms with Crippen LogP contribution in [0.2, 0.25) is 0 Å². The van der Waals surface area contributed by atoms with Crippen molar-refractivity contribution in [2.45, 2.75) is 37.3 Å². The van der Waals surface area contributed by atoms with E-state index in [9.17, 15) is 4.79 Å². The minimum Gasteiger partial charge on any atom is -0.380 e. The van der Waals surface area contributed by atoms with E-state index in [0.717, 1.165) is 24.6 Å². The molecule has 3 N–H and O–H groups in total. The van der Waals surface area contributed by atoms with Gasteiger partial charge in [-0.1, -0.05) is 6.07 Å². The van der Waals surface area contributed by atoms with Crippen LogP contribution in [0, 0.1) is 0 Å². The number of anilines is 6. The molecular formula is C28H33N13O2. The summed E-state index contributed by atoms with van der Waals surface area (Å²) in [5.41, 5.74) is 1.10. The fourth-order valence-corrected chi connectivity index (χ4v) is 5.49. The molecular weight excluding hydrogens is 550 g/mol. The predicted molar refractivity (Wildman–Crippen MR) is 160 cm³/mol. The Hall–Kier alpha value is -4.92. The summed E-state index contributed by atoms with van der Waals surface area (Å²) in [4.78, 5) is 46.9. The number of ether oxygens (including phenoxy) is 1. The lowest BCUT2D eigenvalue weighted by Gasteiger charge is -2.35. The number of piperazine rings is 1. The number of carbonyl (C=O) groups excluding carboxylic acids is 1. The van der Waals surface area contributed by atoms with E-state index in [0.29, 0.717) is 61.5 Å². The Morgan fingerprint density at radius 3 is 2.56 bits per heavy atom. The Balaban J connectivity index is 1.17. The number of aromatic amines is 1. The summed E-state index contributed by atoms with van der Waals surface area (Å²) < 4.78 is 5.68. The van der Waals surface area contributed by atoms with Gasteiger partial charge in [-0.2, -0.15) is 20.1 Å². The molecule has 4 aromatic rings. The molecule has 1 amide bonds. The number of carbonyl (C=O) groups is 1. The van der Waals surface area contributed by atoms with Crippen molar-refractivity contribution in [3.8, 4) is 0 Å². The minimum atomic E-state index is -0.581. The molecule has 0 unspecified atom stereocenters. The van der Waals surface area contributed by atoms with Gasteiger partial charge < -0.3 is 30.1 Å². The van der Waals surface area contributed by atoms with Gasteiger partial charge in [-0.15, -0.1) is 0 Å². The Bertz CT molecular complexity index is 1540. The number of hydrogen-bond donors (Lipinski definition) is 3. The maximum Gasteiger partial charge on any atom is 0.248 e. The molecule has 7 rings (SSSR count). The molecule has 0 aromatic carbocycles. The van der Waals surface area contributed by atoms with Gasteiger partial charge in [0.25, 0.3) is 0 Å². The molecule has 43 heavy (non-hydrogen) atoms. The zero-order chi connectivity index (χ0) is 29.2. The highest BCUT2D eigenvalue weighted by Gasteiger charge is 2.39. The normalized spacial score (nSPS) is 20.3. The molecule has 1 saturated carbocycles. The maximum absolute atomic E-state index is 13.5. The highest BCUT2D eigenvalue weighted by atomic mass is 16.5. The first kappa shape index (κ1) is 26.9. The second kappa shape index (κ2) is 11.8. The molecule has 2 aliphatic heterocycles. The fourth-order valence-electron chi connectivity index (χ4n) is 5.49. The summed E-state index contributed by atoms with van der Waals surface area (Å²) in [6, 6.07) is 7.35. The van der Waals surface area contributed by atoms with Crippen LogP contribution in [-0.4, -0.2) is 98.0 Å². The largest absolute Gasteiger partial charge is 0.380 e. The van der Waals surface area contributed by atoms with E-state index in [1.165, 1.54) is 25.2 Å². The number of H-pyrrole nitrogens is 1. The van der Waals surface area contributed by atoms with E-state index in [2.05, 4.69) is 45.6 Å². The molecule has 3 aliphatic rings. The van der Waals surface area contributed by atoms with E-state index in [-0.39, 0.29) is 12.0 Å². The van der Waals surface area contributed by atoms with E-state index in [4.69, 9.17) is 19.7 Å². The van der Waals surface area contributed by atoms with Crippen LogP contribution >= 0.6 is 0 Å². The first-order chi connectivity index (χ1) is 21.1. The fraction of sp³-hybridized carbons (Fsp3) is 0.429. The summed E-state index contributed by atoms with van der Waals surface area (Å²) in [7, 11) is 1.65. The van der Waals surface area contributed by atoms with Crippen molar-refractivity contribution in [3.63, 3.8) is 0 Å². The minimum absolute atomic E-state index is 0.177. The van der Waals surface area contributed by atoms with E-state index in [1.807, 2.05) is 35.4 Å². The summed E-state index contributed by atoms with van der Waals surface area (Å²) in [6.07, 6.45) is 9.04. The summed E-state index contributed by atoms with van der Waals surface area (Å²) in [5, 5.41) is 13.7. The molecule has 2 saturated heterocycles. The molecule has 2 atom stereocenters. The number of nitrogens with zero attached hydrogens (tertiary/aromatic N) is 10. The lowest BCUT2D eigenvalue weighted by Crippen LogP contribution is -2.47. The highest BCUT2D eigenvalue weighted by molar-refractivity contribution is 5.96. The second-order valence-corrected chi connectivity index (χ2v) is 10.9. The third kappa shape index (κ3) is 6.02. The predicted octanol–water partition coefficient (Wildman–Crippen LogP) is 1.96. The van der Waals surface area contributed by atoms with Crippen molar-refractivity contribution < 1.29 is 9.53 Å². The smallest absolute Gasteiger partial charge is 0.248 e. The summed E-state index contributed by atoms with van der Waals surface area (Å²) in [6.45, 7) is 3.38. The second-order valence-electron chi connectivity index (χ2n) is 10.9. The van der Waals surface area contributed by atoms with Gasteiger partial charge in [-0.25, -0.2) is 9.97 Å². The number of nitrogens with one attached hydrogen (secondary N) is 3. The third-order valence-electron chi connectivity index (χ3n) is 7.97. The van der Waals surface area contributed by atoms with Crippen molar-refractivity contribution in [3.05, 3.63) is 54.7 Å². The number of rotatable bonds is 9. The molecule has 15 nitrogen and oxygen atoms in total. The van der Waals surface area contributed by atoms with Crippen LogP contribution in [0.3, 0.4) is 0 Å². The van der Waals surface area contributed by atoms with Gasteiger partial charge in [0.15, 0.2) is 11.6 Å². The van der Waals surface area contributed by atoms with Crippen molar-refractivity contribution in [2.75, 3.05) is 65.2 Å². The van der Waals surface area contributed by atoms with Crippen molar-refractivity contribution >= 4 is 41.2 Å². The average molecular weight is 584 g/mol. The van der Waals surface area contributed by atoms with Crippen LogP contribution in [0.4, 0.5) is 35.3 Å². The van der Waals surface area contributed by atoms with E-state index in [1.54, 1.807) is 13.3 Å². The molecule has 0 spiro atoms. The van der Waals surface area contributed by atoms with Gasteiger partial charge in [-0.05, 0) is 25.0 Å². The maximum atomic E-state index is 13.5. The molecule has 0 bridgehead atoms. The molecule has 1 aliphatic carbocycles. The molecule has 15 heteroatoms. The van der Waals surface area contributed by atoms with Crippen molar-refractivity contribution in [1.29, 1.82) is 0 Å². The Morgan fingerprint density at radius 1 is 0.977 bits per heavy atom. The van der Waals surface area contributed by atoms with Crippen LogP contribution < -0.4 is 25.3 Å².